The molecule has 3 aromatic rings. The van der Waals surface area contributed by atoms with Crippen LogP contribution in [0.5, 0.6) is 0 Å². The van der Waals surface area contributed by atoms with Gasteiger partial charge < -0.3 is 10.3 Å². The average Bonchev–Trinajstić information content (AvgIpc) is 2.76. The number of aromatic amines is 1. The van der Waals surface area contributed by atoms with Crippen molar-refractivity contribution in [1.29, 1.82) is 0 Å². The maximum absolute atomic E-state index is 3.46. The fourth-order valence-corrected chi connectivity index (χ4v) is 2.29. The summed E-state index contributed by atoms with van der Waals surface area (Å²) in [5.74, 6) is 0. The maximum Gasteiger partial charge on any atom is 0.0470 e. The van der Waals surface area contributed by atoms with Crippen LogP contribution >= 0.6 is 0 Å². The summed E-state index contributed by atoms with van der Waals surface area (Å²) in [7, 11) is 1.95. The van der Waals surface area contributed by atoms with Crippen molar-refractivity contribution in [1.82, 2.24) is 10.3 Å². The van der Waals surface area contributed by atoms with Crippen LogP contribution in [0.1, 0.15) is 5.56 Å². The molecule has 0 fully saturated rings. The second-order valence-corrected chi connectivity index (χ2v) is 4.44. The fraction of sp³-hybridized carbons (Fsp3) is 0.125. The summed E-state index contributed by atoms with van der Waals surface area (Å²) in [5.41, 5.74) is 3.62. The number of fused-ring (bicyclic) bond motifs is 3. The lowest BCUT2D eigenvalue weighted by atomic mass is 10.1. The van der Waals surface area contributed by atoms with Crippen LogP contribution in [0.15, 0.2) is 48.5 Å². The summed E-state index contributed by atoms with van der Waals surface area (Å²) in [6, 6.07) is 15.0. The van der Waals surface area contributed by atoms with Crippen LogP contribution in [0.4, 0.5) is 0 Å². The molecule has 0 radical (unpaired) electrons. The summed E-state index contributed by atoms with van der Waals surface area (Å²) in [6.07, 6.45) is 4.27. The van der Waals surface area contributed by atoms with E-state index < -0.39 is 0 Å². The largest absolute Gasteiger partial charge is 0.354 e. The van der Waals surface area contributed by atoms with Crippen LogP contribution in [0.2, 0.25) is 0 Å². The Labute approximate surface area is 106 Å². The minimum Gasteiger partial charge on any atom is -0.354 e. The van der Waals surface area contributed by atoms with Crippen LogP contribution < -0.4 is 5.32 Å². The number of nitrogens with one attached hydrogen (secondary N) is 2. The number of rotatable bonds is 3. The highest BCUT2D eigenvalue weighted by molar-refractivity contribution is 6.07. The topological polar surface area (TPSA) is 27.8 Å². The zero-order valence-corrected chi connectivity index (χ0v) is 10.4. The van der Waals surface area contributed by atoms with E-state index in [1.807, 2.05) is 7.05 Å². The molecule has 0 spiro atoms. The molecule has 18 heavy (non-hydrogen) atoms. The third-order valence-electron chi connectivity index (χ3n) is 3.16. The monoisotopic (exact) mass is 236 g/mol. The standard InChI is InChI=1S/C16H16N2/c1-17-10-4-5-12-8-9-14-13-6-2-3-7-15(13)18-16(14)11-12/h2-9,11,17-18H,10H2,1H3. The molecule has 0 atom stereocenters. The first kappa shape index (κ1) is 11.1. The number of H-pyrrole nitrogens is 1. The molecule has 3 rings (SSSR count). The molecular weight excluding hydrogens is 220 g/mol. The quantitative estimate of drug-likeness (QED) is 0.715. The predicted molar refractivity (Wildman–Crippen MR) is 78.8 cm³/mol. The SMILES string of the molecule is CNCC=Cc1ccc2c(c1)[nH]c1ccccc12. The molecule has 0 aliphatic carbocycles. The van der Waals surface area contributed by atoms with Crippen molar-refractivity contribution < 1.29 is 0 Å². The number of hydrogen-bond donors (Lipinski definition) is 2. The van der Waals surface area contributed by atoms with E-state index in [0.717, 1.165) is 6.54 Å². The molecule has 2 aromatic carbocycles. The van der Waals surface area contributed by atoms with E-state index in [1.165, 1.54) is 27.4 Å². The Balaban J connectivity index is 2.09. The van der Waals surface area contributed by atoms with Crippen molar-refractivity contribution in [3.63, 3.8) is 0 Å². The second-order valence-electron chi connectivity index (χ2n) is 4.44. The van der Waals surface area contributed by atoms with Gasteiger partial charge in [-0.15, -0.1) is 0 Å². The molecule has 0 aliphatic heterocycles. The Bertz CT molecular complexity index is 707. The second kappa shape index (κ2) is 4.67. The first-order valence-corrected chi connectivity index (χ1v) is 6.20. The van der Waals surface area contributed by atoms with E-state index in [2.05, 4.69) is 64.9 Å². The predicted octanol–water partition coefficient (Wildman–Crippen LogP) is 3.55. The highest BCUT2D eigenvalue weighted by atomic mass is 14.8. The van der Waals surface area contributed by atoms with Crippen LogP contribution in [0.25, 0.3) is 27.9 Å². The van der Waals surface area contributed by atoms with Gasteiger partial charge in [-0.2, -0.15) is 0 Å². The number of likely N-dealkylation sites (N-methyl/N-ethyl adjacent to an activating group) is 1. The van der Waals surface area contributed by atoms with E-state index in [1.54, 1.807) is 0 Å². The van der Waals surface area contributed by atoms with Gasteiger partial charge in [0.1, 0.15) is 0 Å². The maximum atomic E-state index is 3.46. The highest BCUT2D eigenvalue weighted by Gasteiger charge is 2.02. The van der Waals surface area contributed by atoms with Gasteiger partial charge in [-0.05, 0) is 24.7 Å². The molecule has 0 amide bonds. The first-order valence-electron chi connectivity index (χ1n) is 6.20. The van der Waals surface area contributed by atoms with Gasteiger partial charge in [0.15, 0.2) is 0 Å². The van der Waals surface area contributed by atoms with Crippen molar-refractivity contribution in [2.75, 3.05) is 13.6 Å². The normalized spacial score (nSPS) is 11.8. The number of aromatic nitrogens is 1. The highest BCUT2D eigenvalue weighted by Crippen LogP contribution is 2.26. The minimum atomic E-state index is 0.894. The van der Waals surface area contributed by atoms with E-state index in [9.17, 15) is 0 Å². The van der Waals surface area contributed by atoms with Crippen molar-refractivity contribution in [2.45, 2.75) is 0 Å². The van der Waals surface area contributed by atoms with Crippen molar-refractivity contribution in [3.8, 4) is 0 Å². The summed E-state index contributed by atoms with van der Waals surface area (Å²) in [4.78, 5) is 3.46. The number of para-hydroxylation sites is 1. The molecule has 1 heterocycles. The Morgan fingerprint density at radius 2 is 1.89 bits per heavy atom. The number of hydrogen-bond acceptors (Lipinski definition) is 1. The molecule has 0 bridgehead atoms. The van der Waals surface area contributed by atoms with Crippen molar-refractivity contribution >= 4 is 27.9 Å². The summed E-state index contributed by atoms with van der Waals surface area (Å²) in [6.45, 7) is 0.894. The van der Waals surface area contributed by atoms with Crippen molar-refractivity contribution in [3.05, 3.63) is 54.1 Å². The summed E-state index contributed by atoms with van der Waals surface area (Å²) >= 11 is 0. The molecule has 1 aromatic heterocycles. The lowest BCUT2D eigenvalue weighted by Gasteiger charge is -1.95. The van der Waals surface area contributed by atoms with Gasteiger partial charge in [0.05, 0.1) is 0 Å². The van der Waals surface area contributed by atoms with Gasteiger partial charge in [-0.25, -0.2) is 0 Å². The third kappa shape index (κ3) is 1.91. The van der Waals surface area contributed by atoms with E-state index >= 15 is 0 Å². The molecule has 0 aliphatic rings. The minimum absolute atomic E-state index is 0.894. The van der Waals surface area contributed by atoms with Crippen LogP contribution in [0, 0.1) is 0 Å². The molecule has 2 heteroatoms. The Kier molecular flexibility index (Phi) is 2.87. The van der Waals surface area contributed by atoms with Crippen LogP contribution in [0.3, 0.4) is 0 Å². The molecule has 0 saturated heterocycles. The van der Waals surface area contributed by atoms with Gasteiger partial charge in [0.2, 0.25) is 0 Å². The molecular formula is C16H16N2. The van der Waals surface area contributed by atoms with E-state index in [0.29, 0.717) is 0 Å². The van der Waals surface area contributed by atoms with Crippen molar-refractivity contribution in [2.24, 2.45) is 0 Å². The molecule has 90 valence electrons. The van der Waals surface area contributed by atoms with Crippen LogP contribution in [-0.2, 0) is 0 Å². The Morgan fingerprint density at radius 3 is 2.78 bits per heavy atom. The van der Waals surface area contributed by atoms with Gasteiger partial charge in [0.25, 0.3) is 0 Å². The Hall–Kier alpha value is -2.06. The van der Waals surface area contributed by atoms with E-state index in [4.69, 9.17) is 0 Å². The zero-order chi connectivity index (χ0) is 12.4. The third-order valence-corrected chi connectivity index (χ3v) is 3.16. The van der Waals surface area contributed by atoms with E-state index in [-0.39, 0.29) is 0 Å². The lowest BCUT2D eigenvalue weighted by molar-refractivity contribution is 0.922. The smallest absolute Gasteiger partial charge is 0.0470 e. The Morgan fingerprint density at radius 1 is 1.06 bits per heavy atom. The van der Waals surface area contributed by atoms with Crippen LogP contribution in [-0.4, -0.2) is 18.6 Å². The lowest BCUT2D eigenvalue weighted by Crippen LogP contribution is -2.03. The summed E-state index contributed by atoms with van der Waals surface area (Å²) in [5, 5.41) is 5.68. The molecule has 2 N–H and O–H groups in total. The average molecular weight is 236 g/mol. The van der Waals surface area contributed by atoms with Gasteiger partial charge in [0, 0.05) is 28.4 Å². The molecule has 0 saturated carbocycles. The molecule has 0 unspecified atom stereocenters. The number of benzene rings is 2. The van der Waals surface area contributed by atoms with Gasteiger partial charge >= 0.3 is 0 Å². The fourth-order valence-electron chi connectivity index (χ4n) is 2.29. The summed E-state index contributed by atoms with van der Waals surface area (Å²) < 4.78 is 0. The first-order chi connectivity index (χ1) is 8.88. The zero-order valence-electron chi connectivity index (χ0n) is 10.4. The van der Waals surface area contributed by atoms with Gasteiger partial charge in [-0.1, -0.05) is 42.5 Å². The van der Waals surface area contributed by atoms with Gasteiger partial charge in [-0.3, -0.25) is 0 Å². The molecule has 2 nitrogen and oxygen atoms in total.